The van der Waals surface area contributed by atoms with Crippen LogP contribution in [0.2, 0.25) is 0 Å². The van der Waals surface area contributed by atoms with E-state index < -0.39 is 11.8 Å². The minimum absolute atomic E-state index is 0.323. The molecule has 0 atom stereocenters. The Kier molecular flexibility index (Phi) is 11.7. The number of carbonyl (C=O) groups is 2. The zero-order valence-corrected chi connectivity index (χ0v) is 17.0. The fourth-order valence-electron chi connectivity index (χ4n) is 2.14. The van der Waals surface area contributed by atoms with Gasteiger partial charge in [-0.1, -0.05) is 34.4 Å². The van der Waals surface area contributed by atoms with E-state index in [0.29, 0.717) is 0 Å². The van der Waals surface area contributed by atoms with Crippen molar-refractivity contribution >= 4 is 17.8 Å². The average molecular weight is 360 g/mol. The Morgan fingerprint density at radius 3 is 1.77 bits per heavy atom. The smallest absolute Gasteiger partial charge is 0.250 e. The Balaban J connectivity index is 4.31. The summed E-state index contributed by atoms with van der Waals surface area (Å²) >= 11 is 0. The first-order valence-electron chi connectivity index (χ1n) is 8.91. The second-order valence-electron chi connectivity index (χ2n) is 6.98. The lowest BCUT2D eigenvalue weighted by molar-refractivity contribution is -0.115. The third kappa shape index (κ3) is 14.0. The maximum atomic E-state index is 11.9. The summed E-state index contributed by atoms with van der Waals surface area (Å²) in [5, 5.41) is 12.2. The highest BCUT2D eigenvalue weighted by atomic mass is 16.2. The molecule has 5 heteroatoms. The number of hydrogen-bond acceptors (Lipinski definition) is 3. The SMILES string of the molecule is CC(C)=CCCC(C)=CCCC(C)=CC(=O)NC(=N)NC(=O)C=C(C)C. The Morgan fingerprint density at radius 2 is 1.23 bits per heavy atom. The van der Waals surface area contributed by atoms with Crippen LogP contribution in [0.3, 0.4) is 0 Å². The number of hydrogen-bond donors (Lipinski definition) is 3. The van der Waals surface area contributed by atoms with Crippen molar-refractivity contribution in [1.29, 1.82) is 5.41 Å². The largest absolute Gasteiger partial charge is 0.293 e. The molecule has 0 spiro atoms. The Labute approximate surface area is 157 Å². The molecule has 0 saturated carbocycles. The number of allylic oxidation sites excluding steroid dienone is 6. The predicted octanol–water partition coefficient (Wildman–Crippen LogP) is 4.54. The zero-order valence-electron chi connectivity index (χ0n) is 17.0. The van der Waals surface area contributed by atoms with E-state index in [1.165, 1.54) is 23.3 Å². The molecule has 0 unspecified atom stereocenters. The first kappa shape index (κ1) is 23.6. The highest BCUT2D eigenvalue weighted by Gasteiger charge is 2.05. The number of guanidine groups is 1. The van der Waals surface area contributed by atoms with Gasteiger partial charge in [-0.2, -0.15) is 0 Å². The second kappa shape index (κ2) is 12.9. The molecule has 0 bridgehead atoms. The molecule has 0 aliphatic heterocycles. The van der Waals surface area contributed by atoms with Gasteiger partial charge in [0.25, 0.3) is 11.8 Å². The molecule has 3 N–H and O–H groups in total. The third-order valence-electron chi connectivity index (χ3n) is 3.42. The molecular weight excluding hydrogens is 326 g/mol. The summed E-state index contributed by atoms with van der Waals surface area (Å²) in [4.78, 5) is 23.3. The van der Waals surface area contributed by atoms with Gasteiger partial charge in [-0.25, -0.2) is 0 Å². The minimum Gasteiger partial charge on any atom is -0.293 e. The van der Waals surface area contributed by atoms with E-state index >= 15 is 0 Å². The van der Waals surface area contributed by atoms with Gasteiger partial charge in [0, 0.05) is 12.2 Å². The van der Waals surface area contributed by atoms with Gasteiger partial charge in [0.1, 0.15) is 0 Å². The molecule has 0 saturated heterocycles. The van der Waals surface area contributed by atoms with E-state index in [2.05, 4.69) is 43.6 Å². The van der Waals surface area contributed by atoms with Gasteiger partial charge < -0.3 is 0 Å². The maximum absolute atomic E-state index is 11.9. The maximum Gasteiger partial charge on any atom is 0.250 e. The van der Waals surface area contributed by atoms with Gasteiger partial charge >= 0.3 is 0 Å². The van der Waals surface area contributed by atoms with E-state index in [4.69, 9.17) is 5.41 Å². The lowest BCUT2D eigenvalue weighted by atomic mass is 10.1. The highest BCUT2D eigenvalue weighted by molar-refractivity contribution is 6.08. The molecule has 26 heavy (non-hydrogen) atoms. The molecule has 5 nitrogen and oxygen atoms in total. The Bertz CT molecular complexity index is 630. The van der Waals surface area contributed by atoms with E-state index in [1.807, 2.05) is 6.92 Å². The highest BCUT2D eigenvalue weighted by Crippen LogP contribution is 2.11. The second-order valence-corrected chi connectivity index (χ2v) is 6.98. The summed E-state index contributed by atoms with van der Waals surface area (Å²) in [5.41, 5.74) is 4.44. The van der Waals surface area contributed by atoms with Crippen LogP contribution in [0.5, 0.6) is 0 Å². The van der Waals surface area contributed by atoms with Crippen LogP contribution >= 0.6 is 0 Å². The van der Waals surface area contributed by atoms with Gasteiger partial charge in [0.2, 0.25) is 5.96 Å². The number of rotatable bonds is 8. The molecule has 0 heterocycles. The van der Waals surface area contributed by atoms with Gasteiger partial charge in [-0.3, -0.25) is 25.6 Å². The predicted molar refractivity (Wildman–Crippen MR) is 109 cm³/mol. The Morgan fingerprint density at radius 1 is 0.731 bits per heavy atom. The van der Waals surface area contributed by atoms with Gasteiger partial charge in [-0.15, -0.1) is 0 Å². The van der Waals surface area contributed by atoms with E-state index in [0.717, 1.165) is 36.8 Å². The normalized spacial score (nSPS) is 11.5. The summed E-state index contributed by atoms with van der Waals surface area (Å²) in [6.45, 7) is 11.8. The van der Waals surface area contributed by atoms with Crippen LogP contribution in [0.15, 0.2) is 46.6 Å². The minimum atomic E-state index is -0.426. The van der Waals surface area contributed by atoms with Crippen molar-refractivity contribution in [2.45, 2.75) is 67.2 Å². The van der Waals surface area contributed by atoms with Crippen LogP contribution in [0, 0.1) is 5.41 Å². The third-order valence-corrected chi connectivity index (χ3v) is 3.42. The zero-order chi connectivity index (χ0) is 20.1. The van der Waals surface area contributed by atoms with Crippen molar-refractivity contribution in [1.82, 2.24) is 10.6 Å². The molecule has 0 rings (SSSR count). The Hall–Kier alpha value is -2.43. The summed E-state index contributed by atoms with van der Waals surface area (Å²) in [6, 6.07) is 0. The first-order chi connectivity index (χ1) is 12.1. The molecule has 0 aromatic rings. The van der Waals surface area contributed by atoms with Gasteiger partial charge in [-0.05, 0) is 67.2 Å². The van der Waals surface area contributed by atoms with Crippen molar-refractivity contribution in [3.05, 3.63) is 46.6 Å². The van der Waals surface area contributed by atoms with Crippen LogP contribution in [0.4, 0.5) is 0 Å². The van der Waals surface area contributed by atoms with Crippen molar-refractivity contribution in [3.63, 3.8) is 0 Å². The monoisotopic (exact) mass is 359 g/mol. The topological polar surface area (TPSA) is 82.1 Å². The first-order valence-corrected chi connectivity index (χ1v) is 8.91. The van der Waals surface area contributed by atoms with Crippen molar-refractivity contribution in [2.24, 2.45) is 0 Å². The van der Waals surface area contributed by atoms with Crippen molar-refractivity contribution in [3.8, 4) is 0 Å². The molecule has 144 valence electrons. The number of carbonyl (C=O) groups excluding carboxylic acids is 2. The van der Waals surface area contributed by atoms with Gasteiger partial charge in [0.15, 0.2) is 0 Å². The average Bonchev–Trinajstić information content (AvgIpc) is 2.44. The summed E-state index contributed by atoms with van der Waals surface area (Å²) < 4.78 is 0. The summed E-state index contributed by atoms with van der Waals surface area (Å²) in [5.74, 6) is -1.16. The molecule has 0 fully saturated rings. The molecule has 0 aromatic carbocycles. The molecular formula is C21H33N3O2. The molecule has 2 amide bonds. The lowest BCUT2D eigenvalue weighted by Gasteiger charge is -2.06. The van der Waals surface area contributed by atoms with E-state index in [1.54, 1.807) is 13.8 Å². The fraction of sp³-hybridized carbons (Fsp3) is 0.476. The fourth-order valence-corrected chi connectivity index (χ4v) is 2.14. The van der Waals surface area contributed by atoms with Crippen LogP contribution < -0.4 is 10.6 Å². The summed E-state index contributed by atoms with van der Waals surface area (Å²) in [7, 11) is 0. The standard InChI is InChI=1S/C21H33N3O2/c1-15(2)9-7-10-17(5)11-8-12-18(6)14-20(26)24-21(22)23-19(25)13-16(3)4/h9,11,13-14H,7-8,10,12H2,1-6H3,(H3,22,23,24,25,26). The molecule has 0 radical (unpaired) electrons. The summed E-state index contributed by atoms with van der Waals surface area (Å²) in [6.07, 6.45) is 11.0. The van der Waals surface area contributed by atoms with Crippen LogP contribution in [0.1, 0.15) is 67.2 Å². The van der Waals surface area contributed by atoms with Crippen molar-refractivity contribution < 1.29 is 9.59 Å². The molecule has 0 aliphatic carbocycles. The van der Waals surface area contributed by atoms with Crippen LogP contribution in [-0.2, 0) is 9.59 Å². The molecule has 0 aliphatic rings. The quantitative estimate of drug-likeness (QED) is 0.257. The number of amides is 2. The van der Waals surface area contributed by atoms with E-state index in [9.17, 15) is 9.59 Å². The van der Waals surface area contributed by atoms with Crippen LogP contribution in [-0.4, -0.2) is 17.8 Å². The lowest BCUT2D eigenvalue weighted by Crippen LogP contribution is -2.42. The van der Waals surface area contributed by atoms with Gasteiger partial charge in [0.05, 0.1) is 0 Å². The number of nitrogens with one attached hydrogen (secondary N) is 3. The van der Waals surface area contributed by atoms with Crippen LogP contribution in [0.25, 0.3) is 0 Å². The van der Waals surface area contributed by atoms with Crippen molar-refractivity contribution in [2.75, 3.05) is 0 Å². The van der Waals surface area contributed by atoms with E-state index in [-0.39, 0.29) is 5.96 Å². The molecule has 0 aromatic heterocycles.